The van der Waals surface area contributed by atoms with Gasteiger partial charge in [0.1, 0.15) is 0 Å². The van der Waals surface area contributed by atoms with Crippen LogP contribution < -0.4 is 0 Å². The second kappa shape index (κ2) is 4.87. The van der Waals surface area contributed by atoms with E-state index >= 15 is 0 Å². The summed E-state index contributed by atoms with van der Waals surface area (Å²) in [4.78, 5) is 2.91. The van der Waals surface area contributed by atoms with E-state index in [0.717, 1.165) is 30.6 Å². The average Bonchev–Trinajstić information content (AvgIpc) is 2.67. The molecule has 1 aliphatic carbocycles. The smallest absolute Gasteiger partial charge is 0.331 e. The first-order chi connectivity index (χ1) is 9.85. The van der Waals surface area contributed by atoms with Gasteiger partial charge in [-0.05, 0) is 55.1 Å². The fraction of sp³-hybridized carbons (Fsp3) is 0.533. The van der Waals surface area contributed by atoms with Crippen LogP contribution in [-0.2, 0) is 12.7 Å². The quantitative estimate of drug-likeness (QED) is 0.763. The molecule has 1 heterocycles. The van der Waals surface area contributed by atoms with Gasteiger partial charge in [-0.2, -0.15) is 13.2 Å². The summed E-state index contributed by atoms with van der Waals surface area (Å²) in [5, 5.41) is 0. The second-order valence-corrected chi connectivity index (χ2v) is 6.34. The van der Waals surface area contributed by atoms with Crippen molar-refractivity contribution >= 4 is 23.3 Å². The Labute approximate surface area is 126 Å². The first kappa shape index (κ1) is 14.6. The zero-order valence-electron chi connectivity index (χ0n) is 11.8. The van der Waals surface area contributed by atoms with Gasteiger partial charge in [0.15, 0.2) is 4.77 Å². The van der Waals surface area contributed by atoms with E-state index in [4.69, 9.17) is 12.2 Å². The minimum Gasteiger partial charge on any atom is -0.331 e. The molecule has 3 rings (SSSR count). The average molecular weight is 314 g/mol. The van der Waals surface area contributed by atoms with Crippen molar-refractivity contribution in [1.29, 1.82) is 0 Å². The summed E-state index contributed by atoms with van der Waals surface area (Å²) in [6.07, 6.45) is 0.297. The first-order valence-corrected chi connectivity index (χ1v) is 7.55. The van der Waals surface area contributed by atoms with Crippen LogP contribution in [-0.4, -0.2) is 9.55 Å². The molecule has 2 nitrogen and oxygen atoms in total. The van der Waals surface area contributed by atoms with Crippen molar-refractivity contribution in [3.63, 3.8) is 0 Å². The lowest BCUT2D eigenvalue weighted by Crippen LogP contribution is -2.33. The van der Waals surface area contributed by atoms with Gasteiger partial charge in [-0.25, -0.2) is 0 Å². The van der Waals surface area contributed by atoms with E-state index in [1.807, 2.05) is 4.57 Å². The minimum atomic E-state index is -4.33. The summed E-state index contributed by atoms with van der Waals surface area (Å²) < 4.78 is 40.8. The maximum absolute atomic E-state index is 12.8. The van der Waals surface area contributed by atoms with Crippen molar-refractivity contribution < 1.29 is 13.2 Å². The molecule has 1 fully saturated rings. The van der Waals surface area contributed by atoms with E-state index in [1.54, 1.807) is 0 Å². The Kier molecular flexibility index (Phi) is 3.39. The fourth-order valence-corrected chi connectivity index (χ4v) is 3.41. The van der Waals surface area contributed by atoms with Crippen LogP contribution in [0.1, 0.15) is 38.2 Å². The molecule has 0 unspecified atom stereocenters. The number of fused-ring (bicyclic) bond motifs is 1. The van der Waals surface area contributed by atoms with Crippen LogP contribution in [0.2, 0.25) is 0 Å². The van der Waals surface area contributed by atoms with Crippen LogP contribution in [0.5, 0.6) is 0 Å². The summed E-state index contributed by atoms with van der Waals surface area (Å²) in [6, 6.07) is 3.79. The largest absolute Gasteiger partial charge is 0.416 e. The lowest BCUT2D eigenvalue weighted by atomic mass is 9.67. The highest BCUT2D eigenvalue weighted by atomic mass is 32.1. The molecule has 21 heavy (non-hydrogen) atoms. The Bertz CT molecular complexity index is 717. The molecular formula is C15H17F3N2S. The molecule has 1 aliphatic rings. The molecule has 114 valence electrons. The fourth-order valence-electron chi connectivity index (χ4n) is 3.13. The van der Waals surface area contributed by atoms with Gasteiger partial charge in [-0.3, -0.25) is 0 Å². The van der Waals surface area contributed by atoms with Crippen LogP contribution in [0.25, 0.3) is 11.0 Å². The molecule has 1 saturated carbocycles. The van der Waals surface area contributed by atoms with Crippen LogP contribution in [0.3, 0.4) is 0 Å². The molecule has 1 aromatic carbocycles. The van der Waals surface area contributed by atoms with E-state index in [-0.39, 0.29) is 5.41 Å². The van der Waals surface area contributed by atoms with Crippen LogP contribution in [0.15, 0.2) is 18.2 Å². The molecule has 0 saturated heterocycles. The van der Waals surface area contributed by atoms with Crippen molar-refractivity contribution in [2.24, 2.45) is 5.41 Å². The third kappa shape index (κ3) is 2.50. The van der Waals surface area contributed by atoms with Crippen molar-refractivity contribution in [3.8, 4) is 0 Å². The van der Waals surface area contributed by atoms with E-state index in [0.29, 0.717) is 10.3 Å². The molecule has 0 radical (unpaired) electrons. The molecule has 1 N–H and O–H groups in total. The van der Waals surface area contributed by atoms with Crippen LogP contribution in [0.4, 0.5) is 13.2 Å². The number of aromatic nitrogens is 2. The number of alkyl halides is 3. The number of rotatable bonds is 3. The highest BCUT2D eigenvalue weighted by Crippen LogP contribution is 2.45. The van der Waals surface area contributed by atoms with Crippen LogP contribution >= 0.6 is 12.2 Å². The van der Waals surface area contributed by atoms with Gasteiger partial charge in [0.2, 0.25) is 0 Å². The predicted octanol–water partition coefficient (Wildman–Crippen LogP) is 5.30. The molecular weight excluding hydrogens is 297 g/mol. The van der Waals surface area contributed by atoms with E-state index in [9.17, 15) is 13.2 Å². The zero-order chi connectivity index (χ0) is 15.3. The van der Waals surface area contributed by atoms with Gasteiger partial charge < -0.3 is 9.55 Å². The number of benzene rings is 1. The Morgan fingerprint density at radius 3 is 2.57 bits per heavy atom. The topological polar surface area (TPSA) is 20.7 Å². The number of aromatic amines is 1. The molecule has 1 aromatic heterocycles. The predicted molar refractivity (Wildman–Crippen MR) is 78.7 cm³/mol. The summed E-state index contributed by atoms with van der Waals surface area (Å²) in [5.74, 6) is 0. The highest BCUT2D eigenvalue weighted by Gasteiger charge is 2.36. The monoisotopic (exact) mass is 314 g/mol. The number of hydrogen-bond acceptors (Lipinski definition) is 1. The van der Waals surface area contributed by atoms with Crippen molar-refractivity contribution in [2.45, 2.75) is 45.3 Å². The lowest BCUT2D eigenvalue weighted by Gasteiger charge is -2.41. The van der Waals surface area contributed by atoms with Crippen molar-refractivity contribution in [2.75, 3.05) is 0 Å². The Morgan fingerprint density at radius 1 is 1.33 bits per heavy atom. The van der Waals surface area contributed by atoms with Gasteiger partial charge in [0, 0.05) is 6.54 Å². The number of nitrogens with zero attached hydrogens (tertiary/aromatic N) is 1. The van der Waals surface area contributed by atoms with Gasteiger partial charge >= 0.3 is 6.18 Å². The Hall–Kier alpha value is -1.30. The number of imidazole rings is 1. The first-order valence-electron chi connectivity index (χ1n) is 7.14. The lowest BCUT2D eigenvalue weighted by molar-refractivity contribution is -0.137. The Balaban J connectivity index is 2.04. The molecule has 6 heteroatoms. The number of nitrogens with one attached hydrogen (secondary N) is 1. The normalized spacial score (nSPS) is 17.9. The Morgan fingerprint density at radius 2 is 2.05 bits per heavy atom. The standard InChI is InChI=1S/C15H17F3N2S/c1-2-14(6-3-7-14)9-20-12-5-4-10(15(16,17)18)8-11(12)19-13(20)21/h4-5,8H,2-3,6-7,9H2,1H3,(H,19,21). The maximum atomic E-state index is 12.8. The van der Waals surface area contributed by atoms with E-state index in [2.05, 4.69) is 11.9 Å². The summed E-state index contributed by atoms with van der Waals surface area (Å²) in [5.41, 5.74) is 0.830. The van der Waals surface area contributed by atoms with Gasteiger partial charge in [0.05, 0.1) is 16.6 Å². The summed E-state index contributed by atoms with van der Waals surface area (Å²) in [6.45, 7) is 2.95. The third-order valence-corrected chi connectivity index (χ3v) is 5.08. The van der Waals surface area contributed by atoms with Crippen LogP contribution in [0, 0.1) is 10.2 Å². The number of halogens is 3. The van der Waals surface area contributed by atoms with Crippen molar-refractivity contribution in [3.05, 3.63) is 28.5 Å². The summed E-state index contributed by atoms with van der Waals surface area (Å²) in [7, 11) is 0. The maximum Gasteiger partial charge on any atom is 0.416 e. The van der Waals surface area contributed by atoms with E-state index in [1.165, 1.54) is 25.3 Å². The zero-order valence-corrected chi connectivity index (χ0v) is 12.6. The molecule has 0 amide bonds. The SMILES string of the molecule is CCC1(Cn2c(=S)[nH]c3cc(C(F)(F)F)ccc32)CCC1. The summed E-state index contributed by atoms with van der Waals surface area (Å²) >= 11 is 5.30. The van der Waals surface area contributed by atoms with E-state index < -0.39 is 11.7 Å². The molecule has 0 bridgehead atoms. The molecule has 0 spiro atoms. The highest BCUT2D eigenvalue weighted by molar-refractivity contribution is 7.71. The molecule has 0 atom stereocenters. The van der Waals surface area contributed by atoms with Gasteiger partial charge in [0.25, 0.3) is 0 Å². The third-order valence-electron chi connectivity index (χ3n) is 4.76. The minimum absolute atomic E-state index is 0.260. The number of hydrogen-bond donors (Lipinski definition) is 1. The molecule has 2 aromatic rings. The number of H-pyrrole nitrogens is 1. The van der Waals surface area contributed by atoms with Gasteiger partial charge in [-0.1, -0.05) is 13.3 Å². The molecule has 0 aliphatic heterocycles. The van der Waals surface area contributed by atoms with Crippen molar-refractivity contribution in [1.82, 2.24) is 9.55 Å². The van der Waals surface area contributed by atoms with Gasteiger partial charge in [-0.15, -0.1) is 0 Å². The second-order valence-electron chi connectivity index (χ2n) is 5.95.